The second kappa shape index (κ2) is 10.0. The van der Waals surface area contributed by atoms with Crippen molar-refractivity contribution in [2.75, 3.05) is 25.6 Å². The molecule has 35 heavy (non-hydrogen) atoms. The van der Waals surface area contributed by atoms with Gasteiger partial charge in [-0.25, -0.2) is 4.79 Å². The van der Waals surface area contributed by atoms with E-state index in [2.05, 4.69) is 5.32 Å². The monoisotopic (exact) mass is 476 g/mol. The standard InChI is InChI=1S/C27H28N2O6/c1-5-34-26(31)20(13-16-15-29(3)22-12-11-17(33-4)14-19(16)22)24(27(32)35-6-2)23-18-9-7-8-10-21(18)28-25(23)30/h7-12,14-15,20H,5-6,13H2,1-4H3,(H,28,30)/b24-23-. The molecule has 4 rings (SSSR count). The minimum absolute atomic E-state index is 0.00681. The van der Waals surface area contributed by atoms with Crippen LogP contribution < -0.4 is 10.1 Å². The lowest BCUT2D eigenvalue weighted by Gasteiger charge is -2.20. The van der Waals surface area contributed by atoms with Crippen molar-refractivity contribution in [2.45, 2.75) is 20.3 Å². The van der Waals surface area contributed by atoms with Gasteiger partial charge in [-0.3, -0.25) is 9.59 Å². The summed E-state index contributed by atoms with van der Waals surface area (Å²) in [6.45, 7) is 3.61. The van der Waals surface area contributed by atoms with E-state index < -0.39 is 23.8 Å². The molecule has 1 atom stereocenters. The maximum atomic E-state index is 13.3. The van der Waals surface area contributed by atoms with Crippen molar-refractivity contribution in [2.24, 2.45) is 13.0 Å². The first kappa shape index (κ1) is 24.1. The zero-order valence-corrected chi connectivity index (χ0v) is 20.2. The fourth-order valence-electron chi connectivity index (χ4n) is 4.52. The Morgan fingerprint density at radius 1 is 1.06 bits per heavy atom. The van der Waals surface area contributed by atoms with Crippen molar-refractivity contribution in [1.82, 2.24) is 4.57 Å². The number of hydrogen-bond donors (Lipinski definition) is 1. The first-order valence-electron chi connectivity index (χ1n) is 11.5. The maximum Gasteiger partial charge on any atom is 0.335 e. The van der Waals surface area contributed by atoms with Crippen molar-refractivity contribution >= 4 is 40.0 Å². The van der Waals surface area contributed by atoms with E-state index in [-0.39, 0.29) is 30.8 Å². The number of esters is 2. The quantitative estimate of drug-likeness (QED) is 0.392. The second-order valence-corrected chi connectivity index (χ2v) is 8.17. The summed E-state index contributed by atoms with van der Waals surface area (Å²) in [5, 5.41) is 3.67. The molecule has 0 saturated heterocycles. The van der Waals surface area contributed by atoms with Gasteiger partial charge in [0, 0.05) is 35.4 Å². The lowest BCUT2D eigenvalue weighted by atomic mass is 9.86. The Bertz CT molecular complexity index is 1340. The smallest absolute Gasteiger partial charge is 0.335 e. The summed E-state index contributed by atoms with van der Waals surface area (Å²) in [7, 11) is 3.49. The van der Waals surface area contributed by atoms with Crippen LogP contribution in [0.15, 0.2) is 54.2 Å². The van der Waals surface area contributed by atoms with Gasteiger partial charge in [0.1, 0.15) is 5.75 Å². The van der Waals surface area contributed by atoms with Crippen LogP contribution >= 0.6 is 0 Å². The normalized spacial score (nSPS) is 14.8. The number of nitrogens with one attached hydrogen (secondary N) is 1. The second-order valence-electron chi connectivity index (χ2n) is 8.17. The number of anilines is 1. The molecule has 1 N–H and O–H groups in total. The first-order valence-corrected chi connectivity index (χ1v) is 11.5. The number of aryl methyl sites for hydroxylation is 1. The zero-order valence-electron chi connectivity index (χ0n) is 20.2. The number of hydrogen-bond acceptors (Lipinski definition) is 6. The van der Waals surface area contributed by atoms with Crippen LogP contribution in [0.4, 0.5) is 5.69 Å². The fraction of sp³-hybridized carbons (Fsp3) is 0.296. The summed E-state index contributed by atoms with van der Waals surface area (Å²) < 4.78 is 18.1. The summed E-state index contributed by atoms with van der Waals surface area (Å²) in [4.78, 5) is 39.7. The lowest BCUT2D eigenvalue weighted by molar-refractivity contribution is -0.150. The SMILES string of the molecule is CCOC(=O)/C(=C1\C(=O)Nc2ccccc21)C(Cc1cn(C)c2ccc(OC)cc12)C(=O)OCC. The minimum Gasteiger partial charge on any atom is -0.497 e. The number of para-hydroxylation sites is 1. The Labute approximate surface area is 203 Å². The zero-order chi connectivity index (χ0) is 25.1. The molecular formula is C27H28N2O6. The Morgan fingerprint density at radius 3 is 2.51 bits per heavy atom. The molecule has 0 fully saturated rings. The molecule has 8 heteroatoms. The minimum atomic E-state index is -1.06. The number of carbonyl (C=O) groups is 3. The molecule has 1 amide bonds. The van der Waals surface area contributed by atoms with Gasteiger partial charge in [0.25, 0.3) is 5.91 Å². The van der Waals surface area contributed by atoms with Gasteiger partial charge >= 0.3 is 11.9 Å². The average Bonchev–Trinajstić information content (AvgIpc) is 3.34. The molecule has 1 aromatic heterocycles. The number of ether oxygens (including phenoxy) is 3. The molecule has 1 aliphatic rings. The van der Waals surface area contributed by atoms with Crippen molar-refractivity contribution in [3.05, 3.63) is 65.4 Å². The summed E-state index contributed by atoms with van der Waals surface area (Å²) in [6, 6.07) is 12.7. The topological polar surface area (TPSA) is 95.9 Å². The number of carbonyl (C=O) groups excluding carboxylic acids is 3. The van der Waals surface area contributed by atoms with E-state index in [9.17, 15) is 14.4 Å². The largest absolute Gasteiger partial charge is 0.497 e. The van der Waals surface area contributed by atoms with E-state index >= 15 is 0 Å². The molecular weight excluding hydrogens is 448 g/mol. The Kier molecular flexibility index (Phi) is 6.91. The van der Waals surface area contributed by atoms with Crippen LogP contribution in [-0.2, 0) is 37.3 Å². The van der Waals surface area contributed by atoms with E-state index in [0.717, 1.165) is 16.5 Å². The molecule has 0 radical (unpaired) electrons. The van der Waals surface area contributed by atoms with Crippen molar-refractivity contribution < 1.29 is 28.6 Å². The van der Waals surface area contributed by atoms with Gasteiger partial charge in [-0.15, -0.1) is 0 Å². The highest BCUT2D eigenvalue weighted by Gasteiger charge is 2.39. The molecule has 1 unspecified atom stereocenters. The Hall–Kier alpha value is -4.07. The number of rotatable bonds is 8. The van der Waals surface area contributed by atoms with Gasteiger partial charge in [0.15, 0.2) is 0 Å². The van der Waals surface area contributed by atoms with Gasteiger partial charge < -0.3 is 24.1 Å². The third kappa shape index (κ3) is 4.51. The van der Waals surface area contributed by atoms with Crippen LogP contribution in [0, 0.1) is 5.92 Å². The van der Waals surface area contributed by atoms with E-state index in [1.165, 1.54) is 0 Å². The van der Waals surface area contributed by atoms with Crippen LogP contribution in [-0.4, -0.2) is 42.7 Å². The van der Waals surface area contributed by atoms with Crippen LogP contribution in [0.3, 0.4) is 0 Å². The first-order chi connectivity index (χ1) is 16.9. The average molecular weight is 477 g/mol. The Morgan fingerprint density at radius 2 is 1.80 bits per heavy atom. The van der Waals surface area contributed by atoms with Crippen LogP contribution in [0.1, 0.15) is 25.0 Å². The van der Waals surface area contributed by atoms with Crippen molar-refractivity contribution in [1.29, 1.82) is 0 Å². The van der Waals surface area contributed by atoms with E-state index in [1.54, 1.807) is 45.2 Å². The van der Waals surface area contributed by atoms with Gasteiger partial charge in [-0.2, -0.15) is 0 Å². The summed E-state index contributed by atoms with van der Waals surface area (Å²) in [6.07, 6.45) is 2.04. The molecule has 0 aliphatic carbocycles. The predicted octanol–water partition coefficient (Wildman–Crippen LogP) is 3.88. The van der Waals surface area contributed by atoms with E-state index in [1.807, 2.05) is 36.0 Å². The summed E-state index contributed by atoms with van der Waals surface area (Å²) in [5.74, 6) is -2.16. The number of methoxy groups -OCH3 is 1. The van der Waals surface area contributed by atoms with Crippen molar-refractivity contribution in [3.63, 3.8) is 0 Å². The highest BCUT2D eigenvalue weighted by atomic mass is 16.5. The highest BCUT2D eigenvalue weighted by Crippen LogP contribution is 2.38. The van der Waals surface area contributed by atoms with Gasteiger partial charge in [-0.1, -0.05) is 18.2 Å². The van der Waals surface area contributed by atoms with E-state index in [0.29, 0.717) is 17.0 Å². The van der Waals surface area contributed by atoms with Gasteiger partial charge in [0.05, 0.1) is 37.4 Å². The highest BCUT2D eigenvalue weighted by molar-refractivity contribution is 6.35. The number of aromatic nitrogens is 1. The van der Waals surface area contributed by atoms with Crippen LogP contribution in [0.25, 0.3) is 16.5 Å². The van der Waals surface area contributed by atoms with E-state index in [4.69, 9.17) is 14.2 Å². The number of fused-ring (bicyclic) bond motifs is 2. The third-order valence-corrected chi connectivity index (χ3v) is 6.06. The Balaban J connectivity index is 1.92. The van der Waals surface area contributed by atoms with Crippen LogP contribution in [0.5, 0.6) is 5.75 Å². The lowest BCUT2D eigenvalue weighted by Crippen LogP contribution is -2.29. The fourth-order valence-corrected chi connectivity index (χ4v) is 4.52. The molecule has 0 saturated carbocycles. The summed E-state index contributed by atoms with van der Waals surface area (Å²) in [5.41, 5.74) is 3.01. The molecule has 8 nitrogen and oxygen atoms in total. The number of benzene rings is 2. The predicted molar refractivity (Wildman–Crippen MR) is 132 cm³/mol. The van der Waals surface area contributed by atoms with Gasteiger partial charge in [0.2, 0.25) is 0 Å². The maximum absolute atomic E-state index is 13.3. The van der Waals surface area contributed by atoms with Crippen LogP contribution in [0.2, 0.25) is 0 Å². The molecule has 0 spiro atoms. The number of nitrogens with zero attached hydrogens (tertiary/aromatic N) is 1. The van der Waals surface area contributed by atoms with Crippen molar-refractivity contribution in [3.8, 4) is 5.75 Å². The molecule has 0 bridgehead atoms. The molecule has 2 aromatic carbocycles. The molecule has 1 aliphatic heterocycles. The number of amides is 1. The van der Waals surface area contributed by atoms with Gasteiger partial charge in [-0.05, 0) is 50.1 Å². The molecule has 3 aromatic rings. The summed E-state index contributed by atoms with van der Waals surface area (Å²) >= 11 is 0. The molecule has 182 valence electrons. The molecule has 2 heterocycles. The third-order valence-electron chi connectivity index (χ3n) is 6.06.